The molecule has 3 aliphatic rings. The highest BCUT2D eigenvalue weighted by atomic mass is 127. The van der Waals surface area contributed by atoms with Crippen molar-refractivity contribution in [2.24, 2.45) is 17.8 Å². The summed E-state index contributed by atoms with van der Waals surface area (Å²) in [4.78, 5) is 27.0. The number of halogens is 1. The number of hydrogen-bond donors (Lipinski definition) is 0. The minimum atomic E-state index is -0.446. The van der Waals surface area contributed by atoms with E-state index in [1.807, 2.05) is 6.07 Å². The molecule has 7 heteroatoms. The monoisotopic (exact) mass is 546 g/mol. The molecule has 1 atom stereocenters. The first-order chi connectivity index (χ1) is 14.4. The lowest BCUT2D eigenvalue weighted by Crippen LogP contribution is -2.39. The smallest absolute Gasteiger partial charge is 0.348 e. The van der Waals surface area contributed by atoms with Gasteiger partial charge in [0.25, 0.3) is 0 Å². The van der Waals surface area contributed by atoms with Crippen molar-refractivity contribution in [1.29, 1.82) is 0 Å². The first-order valence-corrected chi connectivity index (χ1v) is 13.0. The first-order valence-electron chi connectivity index (χ1n) is 11.1. The van der Waals surface area contributed by atoms with Crippen LogP contribution in [0.1, 0.15) is 79.4 Å². The molecule has 0 radical (unpaired) electrons. The van der Waals surface area contributed by atoms with E-state index in [4.69, 9.17) is 14.2 Å². The zero-order valence-electron chi connectivity index (χ0n) is 17.8. The quantitative estimate of drug-likeness (QED) is 0.358. The highest BCUT2D eigenvalue weighted by Gasteiger charge is 2.45. The lowest BCUT2D eigenvalue weighted by molar-refractivity contribution is -0.184. The lowest BCUT2D eigenvalue weighted by atomic mass is 9.68. The predicted octanol–water partition coefficient (Wildman–Crippen LogP) is 5.55. The number of ketones is 1. The lowest BCUT2D eigenvalue weighted by Gasteiger charge is -2.39. The molecule has 1 aromatic rings. The molecule has 0 N–H and O–H groups in total. The van der Waals surface area contributed by atoms with Crippen molar-refractivity contribution in [2.75, 3.05) is 20.3 Å². The van der Waals surface area contributed by atoms with Crippen molar-refractivity contribution in [2.45, 2.75) is 70.0 Å². The first kappa shape index (κ1) is 22.7. The highest BCUT2D eigenvalue weighted by Crippen LogP contribution is 2.47. The predicted molar refractivity (Wildman–Crippen MR) is 124 cm³/mol. The third-order valence-electron chi connectivity index (χ3n) is 7.24. The van der Waals surface area contributed by atoms with Crippen LogP contribution < -0.4 is 0 Å². The normalized spacial score (nSPS) is 27.8. The highest BCUT2D eigenvalue weighted by molar-refractivity contribution is 14.1. The van der Waals surface area contributed by atoms with Crippen LogP contribution in [0.25, 0.3) is 0 Å². The molecular weight excluding hydrogens is 515 g/mol. The molecule has 1 unspecified atom stereocenters. The summed E-state index contributed by atoms with van der Waals surface area (Å²) in [6, 6.07) is 2.04. The van der Waals surface area contributed by atoms with Crippen molar-refractivity contribution in [3.05, 3.63) is 19.4 Å². The molecule has 2 aliphatic carbocycles. The van der Waals surface area contributed by atoms with E-state index < -0.39 is 5.79 Å². The van der Waals surface area contributed by atoms with Gasteiger partial charge < -0.3 is 14.2 Å². The van der Waals surface area contributed by atoms with E-state index in [1.54, 1.807) is 0 Å². The molecular formula is C23H31IO5S. The van der Waals surface area contributed by atoms with E-state index in [9.17, 15) is 9.59 Å². The van der Waals surface area contributed by atoms with E-state index in [-0.39, 0.29) is 23.7 Å². The van der Waals surface area contributed by atoms with E-state index in [2.05, 4.69) is 29.5 Å². The molecule has 3 fully saturated rings. The van der Waals surface area contributed by atoms with Crippen LogP contribution in [-0.2, 0) is 19.0 Å². The van der Waals surface area contributed by atoms with Gasteiger partial charge in [-0.15, -0.1) is 11.3 Å². The summed E-state index contributed by atoms with van der Waals surface area (Å²) in [7, 11) is 1.41. The molecule has 2 heterocycles. The van der Waals surface area contributed by atoms with Crippen LogP contribution in [0.3, 0.4) is 0 Å². The third kappa shape index (κ3) is 4.64. The standard InChI is InChI=1S/C23H31IO5S/c1-14-3-5-16(6-4-14)20(25)19(17-13-18(24)30-21(17)22(26)27-2)15-7-9-23(10-8-15)28-11-12-29-23/h13-16,19H,3-12H2,1-2H3. The van der Waals surface area contributed by atoms with Crippen LogP contribution in [-0.4, -0.2) is 37.9 Å². The Morgan fingerprint density at radius 3 is 2.37 bits per heavy atom. The molecule has 1 spiro atoms. The van der Waals surface area contributed by atoms with E-state index in [0.717, 1.165) is 59.8 Å². The van der Waals surface area contributed by atoms with Crippen molar-refractivity contribution in [3.63, 3.8) is 0 Å². The zero-order valence-corrected chi connectivity index (χ0v) is 20.8. The number of carbonyl (C=O) groups excluding carboxylic acids is 2. The number of esters is 1. The number of ether oxygens (including phenoxy) is 3. The molecule has 30 heavy (non-hydrogen) atoms. The third-order valence-corrected chi connectivity index (χ3v) is 9.13. The zero-order chi connectivity index (χ0) is 21.3. The van der Waals surface area contributed by atoms with Crippen molar-refractivity contribution < 1.29 is 23.8 Å². The SMILES string of the molecule is COC(=O)c1sc(I)cc1C(C(=O)C1CCC(C)CC1)C1CCC2(CC1)OCCO2. The Labute approximate surface area is 196 Å². The van der Waals surface area contributed by atoms with Gasteiger partial charge in [0.15, 0.2) is 5.79 Å². The molecule has 0 aromatic carbocycles. The summed E-state index contributed by atoms with van der Waals surface area (Å²) in [5.74, 6) is 0.326. The maximum absolute atomic E-state index is 13.9. The van der Waals surface area contributed by atoms with Gasteiger partial charge in [-0.1, -0.05) is 19.8 Å². The fraction of sp³-hybridized carbons (Fsp3) is 0.739. The molecule has 1 aromatic heterocycles. The summed E-state index contributed by atoms with van der Waals surface area (Å²) in [6.07, 6.45) is 7.56. The summed E-state index contributed by atoms with van der Waals surface area (Å²) < 4.78 is 17.9. The van der Waals surface area contributed by atoms with Gasteiger partial charge in [0.05, 0.1) is 23.2 Å². The summed E-state index contributed by atoms with van der Waals surface area (Å²) in [5.41, 5.74) is 0.883. The average Bonchev–Trinajstić information content (AvgIpc) is 3.36. The van der Waals surface area contributed by atoms with Crippen LogP contribution in [0.2, 0.25) is 0 Å². The van der Waals surface area contributed by atoms with Crippen LogP contribution in [0, 0.1) is 20.6 Å². The number of hydrogen-bond acceptors (Lipinski definition) is 6. The molecule has 166 valence electrons. The molecule has 0 amide bonds. The van der Waals surface area contributed by atoms with E-state index in [1.165, 1.54) is 18.4 Å². The number of thiophene rings is 1. The minimum absolute atomic E-state index is 0.101. The molecule has 1 saturated heterocycles. The average molecular weight is 546 g/mol. The van der Waals surface area contributed by atoms with Gasteiger partial charge in [0.1, 0.15) is 10.7 Å². The van der Waals surface area contributed by atoms with Gasteiger partial charge in [-0.3, -0.25) is 4.79 Å². The van der Waals surface area contributed by atoms with Gasteiger partial charge in [0, 0.05) is 24.7 Å². The Kier molecular flexibility index (Phi) is 7.22. The number of methoxy groups -OCH3 is 1. The second-order valence-electron chi connectivity index (χ2n) is 9.11. The van der Waals surface area contributed by atoms with Gasteiger partial charge in [-0.25, -0.2) is 4.79 Å². The summed E-state index contributed by atoms with van der Waals surface area (Å²) in [6.45, 7) is 3.59. The number of Topliss-reactive ketones (excluding diaryl/α,β-unsaturated/α-hetero) is 1. The van der Waals surface area contributed by atoms with E-state index in [0.29, 0.717) is 29.8 Å². The van der Waals surface area contributed by atoms with E-state index >= 15 is 0 Å². The fourth-order valence-corrected chi connectivity index (χ4v) is 7.34. The van der Waals surface area contributed by atoms with Crippen LogP contribution in [0.4, 0.5) is 0 Å². The van der Waals surface area contributed by atoms with Crippen molar-refractivity contribution in [3.8, 4) is 0 Å². The van der Waals surface area contributed by atoms with Gasteiger partial charge in [-0.2, -0.15) is 0 Å². The van der Waals surface area contributed by atoms with Crippen LogP contribution in [0.15, 0.2) is 6.07 Å². The maximum Gasteiger partial charge on any atom is 0.348 e. The largest absolute Gasteiger partial charge is 0.465 e. The topological polar surface area (TPSA) is 61.8 Å². The Morgan fingerprint density at radius 1 is 1.13 bits per heavy atom. The van der Waals surface area contributed by atoms with Crippen LogP contribution >= 0.6 is 33.9 Å². The van der Waals surface area contributed by atoms with Gasteiger partial charge in [0.2, 0.25) is 0 Å². The van der Waals surface area contributed by atoms with Crippen molar-refractivity contribution in [1.82, 2.24) is 0 Å². The summed E-state index contributed by atoms with van der Waals surface area (Å²) in [5, 5.41) is 0. The summed E-state index contributed by atoms with van der Waals surface area (Å²) >= 11 is 3.68. The molecule has 2 saturated carbocycles. The van der Waals surface area contributed by atoms with Gasteiger partial charge in [-0.05, 0) is 71.7 Å². The van der Waals surface area contributed by atoms with Crippen molar-refractivity contribution >= 4 is 45.7 Å². The Bertz CT molecular complexity index is 767. The fourth-order valence-electron chi connectivity index (χ4n) is 5.49. The molecule has 4 rings (SSSR count). The molecule has 5 nitrogen and oxygen atoms in total. The number of rotatable bonds is 5. The Hall–Kier alpha value is -0.510. The van der Waals surface area contributed by atoms with Crippen LogP contribution in [0.5, 0.6) is 0 Å². The second-order valence-corrected chi connectivity index (χ2v) is 12.1. The molecule has 0 bridgehead atoms. The Balaban J connectivity index is 1.62. The minimum Gasteiger partial charge on any atom is -0.465 e. The second kappa shape index (κ2) is 9.55. The maximum atomic E-state index is 13.9. The van der Waals surface area contributed by atoms with Gasteiger partial charge >= 0.3 is 5.97 Å². The number of carbonyl (C=O) groups is 2. The molecule has 1 aliphatic heterocycles. The Morgan fingerprint density at radius 2 is 1.77 bits per heavy atom.